The largest absolute Gasteiger partial charge is 0.496 e. The van der Waals surface area contributed by atoms with Gasteiger partial charge < -0.3 is 10.5 Å². The second-order valence-corrected chi connectivity index (χ2v) is 6.34. The molecule has 1 aliphatic heterocycles. The fraction of sp³-hybridized carbons (Fsp3) is 0.600. The highest BCUT2D eigenvalue weighted by Gasteiger charge is 2.32. The van der Waals surface area contributed by atoms with Crippen LogP contribution in [0.5, 0.6) is 5.75 Å². The minimum absolute atomic E-state index is 0.411. The first-order valence-electron chi connectivity index (χ1n) is 6.73. The van der Waals surface area contributed by atoms with Crippen LogP contribution in [0.25, 0.3) is 0 Å². The van der Waals surface area contributed by atoms with Crippen molar-refractivity contribution in [1.82, 2.24) is 4.90 Å². The molecule has 1 fully saturated rings. The van der Waals surface area contributed by atoms with E-state index in [1.165, 1.54) is 16.7 Å². The molecule has 2 atom stereocenters. The standard InChI is InChI=1S/C15H23BrN2O/c1-9-5-12(15(19-4)10(2)14(9)16)13-6-11(7-17)8-18(13)3/h5,11,13H,6-8,17H2,1-4H3. The van der Waals surface area contributed by atoms with Crippen molar-refractivity contribution in [1.29, 1.82) is 0 Å². The van der Waals surface area contributed by atoms with Crippen molar-refractivity contribution < 1.29 is 4.74 Å². The summed E-state index contributed by atoms with van der Waals surface area (Å²) in [5.41, 5.74) is 9.56. The van der Waals surface area contributed by atoms with E-state index in [-0.39, 0.29) is 0 Å². The summed E-state index contributed by atoms with van der Waals surface area (Å²) >= 11 is 3.64. The normalized spacial score (nSPS) is 23.9. The number of rotatable bonds is 3. The zero-order valence-corrected chi connectivity index (χ0v) is 13.8. The molecule has 0 bridgehead atoms. The van der Waals surface area contributed by atoms with Gasteiger partial charge in [-0.3, -0.25) is 4.90 Å². The Morgan fingerprint density at radius 3 is 2.68 bits per heavy atom. The minimum atomic E-state index is 0.411. The molecule has 1 aromatic rings. The topological polar surface area (TPSA) is 38.5 Å². The molecule has 2 rings (SSSR count). The number of nitrogens with zero attached hydrogens (tertiary/aromatic N) is 1. The van der Waals surface area contributed by atoms with Crippen LogP contribution < -0.4 is 10.5 Å². The number of likely N-dealkylation sites (tertiary alicyclic amines) is 1. The minimum Gasteiger partial charge on any atom is -0.496 e. The predicted molar refractivity (Wildman–Crippen MR) is 82.7 cm³/mol. The quantitative estimate of drug-likeness (QED) is 0.927. The summed E-state index contributed by atoms with van der Waals surface area (Å²) in [5, 5.41) is 0. The Morgan fingerprint density at radius 2 is 2.16 bits per heavy atom. The Kier molecular flexibility index (Phi) is 4.54. The molecule has 1 heterocycles. The van der Waals surface area contributed by atoms with Gasteiger partial charge in [0.05, 0.1) is 7.11 Å². The molecule has 0 aromatic heterocycles. The summed E-state index contributed by atoms with van der Waals surface area (Å²) in [5.74, 6) is 1.59. The van der Waals surface area contributed by atoms with Gasteiger partial charge in [0.1, 0.15) is 5.75 Å². The van der Waals surface area contributed by atoms with Crippen LogP contribution in [0, 0.1) is 19.8 Å². The van der Waals surface area contributed by atoms with Gasteiger partial charge in [0.25, 0.3) is 0 Å². The van der Waals surface area contributed by atoms with Gasteiger partial charge in [-0.25, -0.2) is 0 Å². The van der Waals surface area contributed by atoms with Gasteiger partial charge in [0.2, 0.25) is 0 Å². The molecule has 0 aliphatic carbocycles. The predicted octanol–water partition coefficient (Wildman–Crippen LogP) is 3.03. The lowest BCUT2D eigenvalue weighted by Gasteiger charge is -2.24. The number of nitrogens with two attached hydrogens (primary N) is 1. The van der Waals surface area contributed by atoms with Crippen LogP contribution in [-0.4, -0.2) is 32.1 Å². The molecule has 4 heteroatoms. The van der Waals surface area contributed by atoms with E-state index in [1.807, 2.05) is 0 Å². The van der Waals surface area contributed by atoms with Gasteiger partial charge >= 0.3 is 0 Å². The Bertz CT molecular complexity index is 476. The molecule has 2 unspecified atom stereocenters. The van der Waals surface area contributed by atoms with Gasteiger partial charge in [0.15, 0.2) is 0 Å². The smallest absolute Gasteiger partial charge is 0.127 e. The molecular weight excluding hydrogens is 304 g/mol. The number of hydrogen-bond acceptors (Lipinski definition) is 3. The van der Waals surface area contributed by atoms with Crippen molar-refractivity contribution >= 4 is 15.9 Å². The summed E-state index contributed by atoms with van der Waals surface area (Å²) < 4.78 is 6.80. The Balaban J connectivity index is 2.45. The third-order valence-electron chi connectivity index (χ3n) is 4.18. The van der Waals surface area contributed by atoms with Crippen LogP contribution in [0.1, 0.15) is 29.2 Å². The average Bonchev–Trinajstić information content (AvgIpc) is 2.77. The first-order valence-corrected chi connectivity index (χ1v) is 7.52. The van der Waals surface area contributed by atoms with Crippen LogP contribution >= 0.6 is 15.9 Å². The zero-order valence-electron chi connectivity index (χ0n) is 12.2. The molecular formula is C15H23BrN2O. The summed E-state index contributed by atoms with van der Waals surface area (Å²) in [4.78, 5) is 2.39. The van der Waals surface area contributed by atoms with Gasteiger partial charge in [-0.05, 0) is 51.4 Å². The third-order valence-corrected chi connectivity index (χ3v) is 5.40. The molecule has 1 aromatic carbocycles. The van der Waals surface area contributed by atoms with E-state index in [9.17, 15) is 0 Å². The Hall–Kier alpha value is -0.580. The molecule has 19 heavy (non-hydrogen) atoms. The maximum Gasteiger partial charge on any atom is 0.127 e. The lowest BCUT2D eigenvalue weighted by atomic mass is 9.95. The van der Waals surface area contributed by atoms with E-state index in [1.54, 1.807) is 7.11 Å². The molecule has 1 aliphatic rings. The van der Waals surface area contributed by atoms with Crippen molar-refractivity contribution in [2.45, 2.75) is 26.3 Å². The third kappa shape index (κ3) is 2.67. The summed E-state index contributed by atoms with van der Waals surface area (Å²) in [6.07, 6.45) is 1.11. The van der Waals surface area contributed by atoms with E-state index in [0.717, 1.165) is 29.7 Å². The van der Waals surface area contributed by atoms with Crippen molar-refractivity contribution in [2.24, 2.45) is 11.7 Å². The molecule has 0 radical (unpaired) electrons. The fourth-order valence-electron chi connectivity index (χ4n) is 3.13. The van der Waals surface area contributed by atoms with Crippen LogP contribution in [0.2, 0.25) is 0 Å². The number of methoxy groups -OCH3 is 1. The van der Waals surface area contributed by atoms with Gasteiger partial charge in [-0.2, -0.15) is 0 Å². The van der Waals surface area contributed by atoms with Crippen LogP contribution in [0.3, 0.4) is 0 Å². The molecule has 0 amide bonds. The van der Waals surface area contributed by atoms with Gasteiger partial charge in [-0.1, -0.05) is 15.9 Å². The fourth-order valence-corrected chi connectivity index (χ4v) is 3.43. The molecule has 3 nitrogen and oxygen atoms in total. The maximum absolute atomic E-state index is 5.83. The molecule has 1 saturated heterocycles. The Labute approximate surface area is 124 Å². The van der Waals surface area contributed by atoms with E-state index >= 15 is 0 Å². The summed E-state index contributed by atoms with van der Waals surface area (Å²) in [6, 6.07) is 2.66. The summed E-state index contributed by atoms with van der Waals surface area (Å²) in [7, 11) is 3.93. The van der Waals surface area contributed by atoms with Gasteiger partial charge in [-0.15, -0.1) is 0 Å². The van der Waals surface area contributed by atoms with E-state index in [2.05, 4.69) is 47.8 Å². The number of hydrogen-bond donors (Lipinski definition) is 1. The highest BCUT2D eigenvalue weighted by Crippen LogP contribution is 2.42. The summed E-state index contributed by atoms with van der Waals surface area (Å²) in [6.45, 7) is 6.07. The second kappa shape index (κ2) is 5.81. The van der Waals surface area contributed by atoms with E-state index < -0.39 is 0 Å². The van der Waals surface area contributed by atoms with Crippen LogP contribution in [-0.2, 0) is 0 Å². The SMILES string of the molecule is COc1c(C2CC(CN)CN2C)cc(C)c(Br)c1C. The maximum atomic E-state index is 5.83. The van der Waals surface area contributed by atoms with E-state index in [4.69, 9.17) is 10.5 Å². The van der Waals surface area contributed by atoms with Gasteiger partial charge in [0, 0.05) is 28.2 Å². The number of benzene rings is 1. The van der Waals surface area contributed by atoms with Crippen molar-refractivity contribution in [3.63, 3.8) is 0 Å². The number of aryl methyl sites for hydroxylation is 1. The van der Waals surface area contributed by atoms with Crippen LogP contribution in [0.15, 0.2) is 10.5 Å². The molecule has 0 spiro atoms. The van der Waals surface area contributed by atoms with Crippen LogP contribution in [0.4, 0.5) is 0 Å². The van der Waals surface area contributed by atoms with Crippen molar-refractivity contribution in [3.8, 4) is 5.75 Å². The lowest BCUT2D eigenvalue weighted by molar-refractivity contribution is 0.302. The highest BCUT2D eigenvalue weighted by molar-refractivity contribution is 9.10. The first-order chi connectivity index (χ1) is 8.99. The van der Waals surface area contributed by atoms with E-state index in [0.29, 0.717) is 12.0 Å². The molecule has 2 N–H and O–H groups in total. The first kappa shape index (κ1) is 14.8. The monoisotopic (exact) mass is 326 g/mol. The van der Waals surface area contributed by atoms with Crippen molar-refractivity contribution in [2.75, 3.05) is 27.2 Å². The zero-order chi connectivity index (χ0) is 14.2. The highest BCUT2D eigenvalue weighted by atomic mass is 79.9. The second-order valence-electron chi connectivity index (χ2n) is 5.55. The van der Waals surface area contributed by atoms with Crippen molar-refractivity contribution in [3.05, 3.63) is 27.2 Å². The molecule has 106 valence electrons. The molecule has 0 saturated carbocycles. The lowest BCUT2D eigenvalue weighted by Crippen LogP contribution is -2.21. The average molecular weight is 327 g/mol. The Morgan fingerprint density at radius 1 is 1.47 bits per heavy atom. The number of halogens is 1. The number of ether oxygens (including phenoxy) is 1.